The molecule has 2 atom stereocenters. The number of nitrogens with one attached hydrogen (secondary N) is 1. The molecule has 3 heterocycles. The van der Waals surface area contributed by atoms with Gasteiger partial charge < -0.3 is 15.0 Å². The molecule has 1 aliphatic heterocycles. The summed E-state index contributed by atoms with van der Waals surface area (Å²) in [7, 11) is 3.93. The van der Waals surface area contributed by atoms with Gasteiger partial charge in [0.05, 0.1) is 24.8 Å². The summed E-state index contributed by atoms with van der Waals surface area (Å²) in [6.45, 7) is 3.55. The van der Waals surface area contributed by atoms with Crippen molar-refractivity contribution < 1.29 is 4.74 Å². The van der Waals surface area contributed by atoms with E-state index in [-0.39, 0.29) is 6.04 Å². The van der Waals surface area contributed by atoms with Gasteiger partial charge in [-0.1, -0.05) is 25.1 Å². The molecule has 1 aliphatic rings. The Morgan fingerprint density at radius 1 is 1.14 bits per heavy atom. The lowest BCUT2D eigenvalue weighted by atomic mass is 9.93. The molecule has 0 spiro atoms. The maximum atomic E-state index is 5.83. The van der Waals surface area contributed by atoms with Crippen molar-refractivity contribution in [2.45, 2.75) is 25.8 Å². The smallest absolute Gasteiger partial charge is 0.226 e. The van der Waals surface area contributed by atoms with E-state index in [2.05, 4.69) is 51.5 Å². The van der Waals surface area contributed by atoms with Crippen molar-refractivity contribution in [2.24, 2.45) is 5.92 Å². The molecule has 1 saturated heterocycles. The maximum Gasteiger partial charge on any atom is 0.226 e. The summed E-state index contributed by atoms with van der Waals surface area (Å²) in [5, 5.41) is 4.83. The van der Waals surface area contributed by atoms with Crippen molar-refractivity contribution in [2.75, 3.05) is 37.5 Å². The SMILES string of the molecule is CCc1cc(N[C@H]2COC[C@H]2Cc2ccnc3ccccc23)nc(N(C)C)n1. The zero-order chi connectivity index (χ0) is 19.5. The summed E-state index contributed by atoms with van der Waals surface area (Å²) in [4.78, 5) is 15.7. The van der Waals surface area contributed by atoms with Gasteiger partial charge in [0.15, 0.2) is 0 Å². The Hall–Kier alpha value is -2.73. The van der Waals surface area contributed by atoms with E-state index in [0.717, 1.165) is 42.4 Å². The van der Waals surface area contributed by atoms with Crippen LogP contribution in [0.3, 0.4) is 0 Å². The van der Waals surface area contributed by atoms with Gasteiger partial charge in [0.2, 0.25) is 5.95 Å². The third kappa shape index (κ3) is 3.92. The Balaban J connectivity index is 1.55. The molecular formula is C22H27N5O. The van der Waals surface area contributed by atoms with Gasteiger partial charge >= 0.3 is 0 Å². The monoisotopic (exact) mass is 377 g/mol. The average molecular weight is 377 g/mol. The van der Waals surface area contributed by atoms with E-state index < -0.39 is 0 Å². The number of hydrogen-bond donors (Lipinski definition) is 1. The molecule has 2 aromatic heterocycles. The molecule has 0 radical (unpaired) electrons. The van der Waals surface area contributed by atoms with Crippen LogP contribution in [0.4, 0.5) is 11.8 Å². The van der Waals surface area contributed by atoms with Crippen LogP contribution in [0.2, 0.25) is 0 Å². The third-order valence-corrected chi connectivity index (χ3v) is 5.28. The largest absolute Gasteiger partial charge is 0.379 e. The van der Waals surface area contributed by atoms with Crippen LogP contribution in [0.15, 0.2) is 42.6 Å². The second-order valence-corrected chi connectivity index (χ2v) is 7.53. The highest BCUT2D eigenvalue weighted by Gasteiger charge is 2.29. The molecule has 4 rings (SSSR count). The highest BCUT2D eigenvalue weighted by Crippen LogP contribution is 2.26. The molecule has 3 aromatic rings. The molecule has 6 heteroatoms. The molecule has 1 aromatic carbocycles. The lowest BCUT2D eigenvalue weighted by molar-refractivity contribution is 0.185. The molecule has 1 fully saturated rings. The van der Waals surface area contributed by atoms with E-state index in [4.69, 9.17) is 4.74 Å². The topological polar surface area (TPSA) is 63.2 Å². The van der Waals surface area contributed by atoms with Gasteiger partial charge in [0.25, 0.3) is 0 Å². The van der Waals surface area contributed by atoms with Crippen LogP contribution in [-0.2, 0) is 17.6 Å². The van der Waals surface area contributed by atoms with Crippen LogP contribution in [0.1, 0.15) is 18.2 Å². The first kappa shape index (κ1) is 18.6. The van der Waals surface area contributed by atoms with E-state index in [9.17, 15) is 0 Å². The van der Waals surface area contributed by atoms with Gasteiger partial charge in [-0.15, -0.1) is 0 Å². The quantitative estimate of drug-likeness (QED) is 0.711. The molecule has 0 amide bonds. The zero-order valence-corrected chi connectivity index (χ0v) is 16.7. The average Bonchev–Trinajstić information content (AvgIpc) is 3.14. The van der Waals surface area contributed by atoms with Gasteiger partial charge in [-0.05, 0) is 30.5 Å². The zero-order valence-electron chi connectivity index (χ0n) is 16.7. The van der Waals surface area contributed by atoms with E-state index in [0.29, 0.717) is 12.5 Å². The van der Waals surface area contributed by atoms with Gasteiger partial charge in [0.1, 0.15) is 5.82 Å². The summed E-state index contributed by atoms with van der Waals surface area (Å²) < 4.78 is 5.83. The third-order valence-electron chi connectivity index (χ3n) is 5.28. The maximum absolute atomic E-state index is 5.83. The fourth-order valence-corrected chi connectivity index (χ4v) is 3.70. The summed E-state index contributed by atoms with van der Waals surface area (Å²) >= 11 is 0. The minimum Gasteiger partial charge on any atom is -0.379 e. The standard InChI is InChI=1S/C22H27N5O/c1-4-17-12-21(26-22(24-17)27(2)3)25-20-14-28-13-16(20)11-15-9-10-23-19-8-6-5-7-18(15)19/h5-10,12,16,20H,4,11,13-14H2,1-3H3,(H,24,25,26)/t16-,20+/m1/s1. The highest BCUT2D eigenvalue weighted by molar-refractivity contribution is 5.81. The molecule has 1 N–H and O–H groups in total. The molecule has 6 nitrogen and oxygen atoms in total. The fraction of sp³-hybridized carbons (Fsp3) is 0.409. The highest BCUT2D eigenvalue weighted by atomic mass is 16.5. The van der Waals surface area contributed by atoms with Crippen LogP contribution in [0.25, 0.3) is 10.9 Å². The summed E-state index contributed by atoms with van der Waals surface area (Å²) in [6.07, 6.45) is 3.73. The second-order valence-electron chi connectivity index (χ2n) is 7.53. The van der Waals surface area contributed by atoms with Gasteiger partial charge in [0, 0.05) is 43.4 Å². The normalized spacial score (nSPS) is 19.1. The van der Waals surface area contributed by atoms with Crippen molar-refractivity contribution in [1.82, 2.24) is 15.0 Å². The summed E-state index contributed by atoms with van der Waals surface area (Å²) in [6, 6.07) is 12.7. The van der Waals surface area contributed by atoms with Crippen LogP contribution in [0.5, 0.6) is 0 Å². The minimum absolute atomic E-state index is 0.224. The van der Waals surface area contributed by atoms with Crippen LogP contribution < -0.4 is 10.2 Å². The Labute approximate surface area is 166 Å². The Morgan fingerprint density at radius 3 is 2.82 bits per heavy atom. The van der Waals surface area contributed by atoms with E-state index in [1.807, 2.05) is 37.3 Å². The number of fused-ring (bicyclic) bond motifs is 1. The number of ether oxygens (including phenoxy) is 1. The van der Waals surface area contributed by atoms with Crippen molar-refractivity contribution in [3.05, 3.63) is 53.9 Å². The first-order valence-corrected chi connectivity index (χ1v) is 9.86. The number of nitrogens with zero attached hydrogens (tertiary/aromatic N) is 4. The fourth-order valence-electron chi connectivity index (χ4n) is 3.70. The predicted molar refractivity (Wildman–Crippen MR) is 113 cm³/mol. The Kier molecular flexibility index (Phi) is 5.39. The number of rotatable bonds is 6. The van der Waals surface area contributed by atoms with Gasteiger partial charge in [-0.25, -0.2) is 4.98 Å². The van der Waals surface area contributed by atoms with Crippen LogP contribution in [-0.4, -0.2) is 48.3 Å². The first-order chi connectivity index (χ1) is 13.6. The number of aryl methyl sites for hydroxylation is 1. The number of hydrogen-bond acceptors (Lipinski definition) is 6. The predicted octanol–water partition coefficient (Wildman–Crippen LogP) is 3.32. The van der Waals surface area contributed by atoms with Crippen molar-refractivity contribution >= 4 is 22.7 Å². The summed E-state index contributed by atoms with van der Waals surface area (Å²) in [5.41, 5.74) is 3.40. The number of pyridine rings is 1. The lowest BCUT2D eigenvalue weighted by Crippen LogP contribution is -2.30. The molecule has 0 unspecified atom stereocenters. The van der Waals surface area contributed by atoms with Crippen LogP contribution >= 0.6 is 0 Å². The molecule has 0 bridgehead atoms. The molecule has 146 valence electrons. The van der Waals surface area contributed by atoms with E-state index >= 15 is 0 Å². The first-order valence-electron chi connectivity index (χ1n) is 9.86. The number of benzene rings is 1. The van der Waals surface area contributed by atoms with Gasteiger partial charge in [-0.2, -0.15) is 4.98 Å². The number of aromatic nitrogens is 3. The number of para-hydroxylation sites is 1. The minimum atomic E-state index is 0.224. The van der Waals surface area contributed by atoms with Crippen LogP contribution in [0, 0.1) is 5.92 Å². The van der Waals surface area contributed by atoms with Crippen molar-refractivity contribution in [3.8, 4) is 0 Å². The van der Waals surface area contributed by atoms with Gasteiger partial charge in [-0.3, -0.25) is 4.98 Å². The lowest BCUT2D eigenvalue weighted by Gasteiger charge is -2.21. The van der Waals surface area contributed by atoms with Crippen molar-refractivity contribution in [1.29, 1.82) is 0 Å². The summed E-state index contributed by atoms with van der Waals surface area (Å²) in [5.74, 6) is 1.99. The molecule has 0 aliphatic carbocycles. The number of anilines is 2. The molecular weight excluding hydrogens is 350 g/mol. The Bertz CT molecular complexity index is 953. The van der Waals surface area contributed by atoms with Crippen molar-refractivity contribution in [3.63, 3.8) is 0 Å². The molecule has 28 heavy (non-hydrogen) atoms. The Morgan fingerprint density at radius 2 is 2.00 bits per heavy atom. The van der Waals surface area contributed by atoms with E-state index in [1.165, 1.54) is 10.9 Å². The second kappa shape index (κ2) is 8.10. The molecule has 0 saturated carbocycles. The van der Waals surface area contributed by atoms with E-state index in [1.54, 1.807) is 0 Å².